The van der Waals surface area contributed by atoms with Crippen LogP contribution in [0.4, 0.5) is 5.69 Å². The molecule has 1 aromatic carbocycles. The Hall–Kier alpha value is -1.62. The Labute approximate surface area is 128 Å². The van der Waals surface area contributed by atoms with E-state index in [0.717, 1.165) is 38.5 Å². The van der Waals surface area contributed by atoms with Gasteiger partial charge in [0, 0.05) is 24.2 Å². The number of nitrogens with zero attached hydrogens (tertiary/aromatic N) is 2. The highest BCUT2D eigenvalue weighted by Gasteiger charge is 2.39. The summed E-state index contributed by atoms with van der Waals surface area (Å²) in [6.45, 7) is 0. The molecule has 6 heteroatoms. The number of carbonyl (C=O) groups is 1. The number of nitro benzene ring substituents is 1. The van der Waals surface area contributed by atoms with Crippen molar-refractivity contribution >= 4 is 23.2 Å². The first-order valence-electron chi connectivity index (χ1n) is 7.34. The Kier molecular flexibility index (Phi) is 3.85. The lowest BCUT2D eigenvalue weighted by molar-refractivity contribution is -0.384. The molecular formula is C15H17ClN2O3. The van der Waals surface area contributed by atoms with Gasteiger partial charge in [-0.2, -0.15) is 0 Å². The Morgan fingerprint density at radius 2 is 1.81 bits per heavy atom. The van der Waals surface area contributed by atoms with Gasteiger partial charge in [0.1, 0.15) is 0 Å². The van der Waals surface area contributed by atoms with Gasteiger partial charge in [0.2, 0.25) is 0 Å². The maximum atomic E-state index is 12.8. The van der Waals surface area contributed by atoms with Gasteiger partial charge in [0.15, 0.2) is 0 Å². The second-order valence-electron chi connectivity index (χ2n) is 5.80. The fourth-order valence-electron chi connectivity index (χ4n) is 3.10. The number of amides is 1. The van der Waals surface area contributed by atoms with Crippen LogP contribution in [0.5, 0.6) is 0 Å². The van der Waals surface area contributed by atoms with Crippen LogP contribution in [0.1, 0.15) is 48.9 Å². The van der Waals surface area contributed by atoms with Crippen molar-refractivity contribution < 1.29 is 9.72 Å². The average Bonchev–Trinajstić information content (AvgIpc) is 3.13. The SMILES string of the molecule is O=C(c1ccc([N+](=O)[O-])cc1Cl)N(C1CCCC1)C1CC1. The summed E-state index contributed by atoms with van der Waals surface area (Å²) in [6.07, 6.45) is 6.52. The normalized spacial score (nSPS) is 18.7. The fraction of sp³-hybridized carbons (Fsp3) is 0.533. The minimum Gasteiger partial charge on any atom is -0.333 e. The van der Waals surface area contributed by atoms with Gasteiger partial charge in [-0.05, 0) is 31.7 Å². The summed E-state index contributed by atoms with van der Waals surface area (Å²) in [5.41, 5.74) is 0.288. The van der Waals surface area contributed by atoms with Gasteiger partial charge in [-0.1, -0.05) is 24.4 Å². The number of nitro groups is 1. The zero-order valence-electron chi connectivity index (χ0n) is 11.6. The molecule has 0 radical (unpaired) electrons. The first-order valence-corrected chi connectivity index (χ1v) is 7.72. The van der Waals surface area contributed by atoms with Crippen molar-refractivity contribution in [3.63, 3.8) is 0 Å². The Morgan fingerprint density at radius 1 is 1.19 bits per heavy atom. The van der Waals surface area contributed by atoms with E-state index in [1.54, 1.807) is 0 Å². The third-order valence-electron chi connectivity index (χ3n) is 4.29. The molecule has 0 heterocycles. The van der Waals surface area contributed by atoms with Crippen molar-refractivity contribution in [2.45, 2.75) is 50.6 Å². The predicted molar refractivity (Wildman–Crippen MR) is 79.6 cm³/mol. The van der Waals surface area contributed by atoms with E-state index in [2.05, 4.69) is 0 Å². The number of hydrogen-bond acceptors (Lipinski definition) is 3. The van der Waals surface area contributed by atoms with Gasteiger partial charge in [-0.3, -0.25) is 14.9 Å². The molecule has 21 heavy (non-hydrogen) atoms. The number of non-ortho nitro benzene ring substituents is 1. The molecule has 0 atom stereocenters. The van der Waals surface area contributed by atoms with Crippen LogP contribution < -0.4 is 0 Å². The van der Waals surface area contributed by atoms with E-state index in [1.807, 2.05) is 4.90 Å². The summed E-state index contributed by atoms with van der Waals surface area (Å²) in [5, 5.41) is 10.9. The van der Waals surface area contributed by atoms with Crippen molar-refractivity contribution in [2.75, 3.05) is 0 Å². The largest absolute Gasteiger partial charge is 0.333 e. The van der Waals surface area contributed by atoms with Gasteiger partial charge in [-0.25, -0.2) is 0 Å². The van der Waals surface area contributed by atoms with Crippen molar-refractivity contribution in [2.24, 2.45) is 0 Å². The van der Waals surface area contributed by atoms with Gasteiger partial charge >= 0.3 is 0 Å². The maximum Gasteiger partial charge on any atom is 0.270 e. The van der Waals surface area contributed by atoms with Crippen molar-refractivity contribution in [3.05, 3.63) is 38.9 Å². The Morgan fingerprint density at radius 3 is 2.33 bits per heavy atom. The molecule has 0 bridgehead atoms. The maximum absolute atomic E-state index is 12.8. The van der Waals surface area contributed by atoms with E-state index in [1.165, 1.54) is 18.2 Å². The topological polar surface area (TPSA) is 63.4 Å². The smallest absolute Gasteiger partial charge is 0.270 e. The number of carbonyl (C=O) groups excluding carboxylic acids is 1. The zero-order chi connectivity index (χ0) is 15.0. The second-order valence-corrected chi connectivity index (χ2v) is 6.21. The molecule has 0 unspecified atom stereocenters. The fourth-order valence-corrected chi connectivity index (χ4v) is 3.35. The highest BCUT2D eigenvalue weighted by Crippen LogP contribution is 2.36. The van der Waals surface area contributed by atoms with E-state index in [4.69, 9.17) is 11.6 Å². The van der Waals surface area contributed by atoms with Gasteiger partial charge < -0.3 is 4.90 Å². The van der Waals surface area contributed by atoms with Crippen LogP contribution in [0.15, 0.2) is 18.2 Å². The summed E-state index contributed by atoms with van der Waals surface area (Å²) >= 11 is 6.09. The molecular weight excluding hydrogens is 292 g/mol. The molecule has 0 N–H and O–H groups in total. The molecule has 2 fully saturated rings. The van der Waals surface area contributed by atoms with E-state index in [-0.39, 0.29) is 16.6 Å². The van der Waals surface area contributed by atoms with Crippen LogP contribution in [0, 0.1) is 10.1 Å². The van der Waals surface area contributed by atoms with Gasteiger partial charge in [-0.15, -0.1) is 0 Å². The van der Waals surface area contributed by atoms with Crippen LogP contribution in [0.3, 0.4) is 0 Å². The number of hydrogen-bond donors (Lipinski definition) is 0. The van der Waals surface area contributed by atoms with Crippen LogP contribution in [0.25, 0.3) is 0 Å². The summed E-state index contributed by atoms with van der Waals surface area (Å²) in [4.78, 5) is 25.0. The minimum atomic E-state index is -0.504. The third kappa shape index (κ3) is 2.88. The number of rotatable bonds is 4. The molecule has 0 aliphatic heterocycles. The monoisotopic (exact) mass is 308 g/mol. The summed E-state index contributed by atoms with van der Waals surface area (Å²) in [5.74, 6) is -0.0794. The first kappa shape index (κ1) is 14.3. The second kappa shape index (κ2) is 5.64. The average molecular weight is 309 g/mol. The van der Waals surface area contributed by atoms with Gasteiger partial charge in [0.25, 0.3) is 11.6 Å². The Balaban J connectivity index is 1.87. The summed E-state index contributed by atoms with van der Waals surface area (Å²) < 4.78 is 0. The highest BCUT2D eigenvalue weighted by molar-refractivity contribution is 6.34. The molecule has 0 spiro atoms. The predicted octanol–water partition coefficient (Wildman–Crippen LogP) is 3.80. The zero-order valence-corrected chi connectivity index (χ0v) is 12.4. The number of benzene rings is 1. The van der Waals surface area contributed by atoms with Gasteiger partial charge in [0.05, 0.1) is 15.5 Å². The van der Waals surface area contributed by atoms with Crippen LogP contribution >= 0.6 is 11.6 Å². The van der Waals surface area contributed by atoms with Crippen LogP contribution in [0.2, 0.25) is 5.02 Å². The molecule has 5 nitrogen and oxygen atoms in total. The standard InChI is InChI=1S/C15H17ClN2O3/c16-14-9-12(18(20)21)7-8-13(14)15(19)17(11-5-6-11)10-3-1-2-4-10/h7-11H,1-6H2. The van der Waals surface area contributed by atoms with Crippen molar-refractivity contribution in [1.29, 1.82) is 0 Å². The molecule has 2 saturated carbocycles. The quantitative estimate of drug-likeness (QED) is 0.628. The molecule has 2 aliphatic rings. The molecule has 112 valence electrons. The summed E-state index contributed by atoms with van der Waals surface area (Å²) in [6, 6.07) is 4.71. The van der Waals surface area contributed by atoms with E-state index in [9.17, 15) is 14.9 Å². The molecule has 2 aliphatic carbocycles. The lowest BCUT2D eigenvalue weighted by atomic mass is 10.1. The highest BCUT2D eigenvalue weighted by atomic mass is 35.5. The van der Waals surface area contributed by atoms with E-state index >= 15 is 0 Å². The molecule has 0 saturated heterocycles. The molecule has 1 amide bonds. The molecule has 0 aromatic heterocycles. The third-order valence-corrected chi connectivity index (χ3v) is 4.60. The Bertz CT molecular complexity index is 580. The molecule has 1 aromatic rings. The lowest BCUT2D eigenvalue weighted by Gasteiger charge is -2.29. The molecule has 3 rings (SSSR count). The summed E-state index contributed by atoms with van der Waals surface area (Å²) in [7, 11) is 0. The van der Waals surface area contributed by atoms with Crippen LogP contribution in [-0.4, -0.2) is 27.8 Å². The number of halogens is 1. The van der Waals surface area contributed by atoms with Crippen LogP contribution in [-0.2, 0) is 0 Å². The minimum absolute atomic E-state index is 0.0794. The van der Waals surface area contributed by atoms with E-state index in [0.29, 0.717) is 17.6 Å². The first-order chi connectivity index (χ1) is 10.1. The van der Waals surface area contributed by atoms with Crippen molar-refractivity contribution in [3.8, 4) is 0 Å². The van der Waals surface area contributed by atoms with E-state index < -0.39 is 4.92 Å². The lowest BCUT2D eigenvalue weighted by Crippen LogP contribution is -2.40. The van der Waals surface area contributed by atoms with Crippen molar-refractivity contribution in [1.82, 2.24) is 4.90 Å².